The Balaban J connectivity index is 2.03. The van der Waals surface area contributed by atoms with Gasteiger partial charge in [0, 0.05) is 11.5 Å². The average Bonchev–Trinajstić information content (AvgIpc) is 2.78. The number of hydrogen-bond acceptors (Lipinski definition) is 2. The minimum absolute atomic E-state index is 0.157. The van der Waals surface area contributed by atoms with Crippen molar-refractivity contribution in [2.45, 2.75) is 0 Å². The number of rotatable bonds is 1. The third-order valence-electron chi connectivity index (χ3n) is 5.91. The summed E-state index contributed by atoms with van der Waals surface area (Å²) in [5.41, 5.74) is 0.157. The number of hydrogen-bond donors (Lipinski definition) is 0. The van der Waals surface area contributed by atoms with E-state index >= 15 is 0 Å². The van der Waals surface area contributed by atoms with E-state index in [1.54, 1.807) is 6.07 Å². The second-order valence-electron chi connectivity index (χ2n) is 7.38. The minimum Gasteiger partial charge on any atom is -0.258 e. The van der Waals surface area contributed by atoms with Crippen LogP contribution in [0.25, 0.3) is 53.9 Å². The summed E-state index contributed by atoms with van der Waals surface area (Å²) in [6, 6.07) is 30.2. The fraction of sp³-hybridized carbons (Fsp3) is 0. The van der Waals surface area contributed by atoms with E-state index in [0.717, 1.165) is 43.1 Å². The first-order valence-corrected chi connectivity index (χ1v) is 9.56. The molecule has 6 aromatic rings. The molecule has 0 spiro atoms. The number of fused-ring (bicyclic) bond motifs is 10. The number of nitrogens with zero attached hydrogens (tertiary/aromatic N) is 1. The molecule has 3 heteroatoms. The third-order valence-corrected chi connectivity index (χ3v) is 5.91. The second kappa shape index (κ2) is 5.76. The topological polar surface area (TPSA) is 43.1 Å². The van der Waals surface area contributed by atoms with Gasteiger partial charge in [-0.3, -0.25) is 10.1 Å². The van der Waals surface area contributed by atoms with Gasteiger partial charge in [0.05, 0.1) is 10.3 Å². The Bertz CT molecular complexity index is 1600. The smallest absolute Gasteiger partial charge is 0.258 e. The summed E-state index contributed by atoms with van der Waals surface area (Å²) in [4.78, 5) is 11.9. The molecule has 3 nitrogen and oxygen atoms in total. The molecule has 0 radical (unpaired) electrons. The van der Waals surface area contributed by atoms with Gasteiger partial charge in [0.25, 0.3) is 5.69 Å². The molecule has 0 saturated heterocycles. The first-order valence-electron chi connectivity index (χ1n) is 9.56. The molecule has 0 aliphatic rings. The maximum atomic E-state index is 12.1. The molecule has 0 aliphatic carbocycles. The third kappa shape index (κ3) is 2.13. The van der Waals surface area contributed by atoms with Crippen LogP contribution in [0.2, 0.25) is 0 Å². The van der Waals surface area contributed by atoms with Crippen molar-refractivity contribution >= 4 is 59.5 Å². The van der Waals surface area contributed by atoms with Crippen LogP contribution in [0.3, 0.4) is 0 Å². The van der Waals surface area contributed by atoms with E-state index < -0.39 is 0 Å². The summed E-state index contributed by atoms with van der Waals surface area (Å²) in [5, 5.41) is 22.1. The van der Waals surface area contributed by atoms with E-state index in [0.29, 0.717) is 5.39 Å². The molecule has 6 rings (SSSR count). The van der Waals surface area contributed by atoms with E-state index in [2.05, 4.69) is 30.3 Å². The van der Waals surface area contributed by atoms with Gasteiger partial charge >= 0.3 is 0 Å². The van der Waals surface area contributed by atoms with Crippen LogP contribution in [-0.2, 0) is 0 Å². The van der Waals surface area contributed by atoms with Crippen LogP contribution < -0.4 is 0 Å². The van der Waals surface area contributed by atoms with Gasteiger partial charge in [0.2, 0.25) is 0 Å². The molecule has 6 aromatic carbocycles. The molecule has 0 amide bonds. The Hall–Kier alpha value is -3.98. The predicted octanol–water partition coefficient (Wildman–Crippen LogP) is 7.36. The lowest BCUT2D eigenvalue weighted by Crippen LogP contribution is -1.93. The summed E-state index contributed by atoms with van der Waals surface area (Å²) < 4.78 is 0. The van der Waals surface area contributed by atoms with Crippen LogP contribution in [0.5, 0.6) is 0 Å². The van der Waals surface area contributed by atoms with Crippen LogP contribution >= 0.6 is 0 Å². The van der Waals surface area contributed by atoms with Crippen molar-refractivity contribution in [2.24, 2.45) is 0 Å². The van der Waals surface area contributed by atoms with Crippen molar-refractivity contribution in [2.75, 3.05) is 0 Å². The molecule has 0 heterocycles. The fourth-order valence-electron chi connectivity index (χ4n) is 4.72. The number of nitro groups is 1. The molecule has 0 unspecified atom stereocenters. The van der Waals surface area contributed by atoms with Gasteiger partial charge < -0.3 is 0 Å². The Morgan fingerprint density at radius 2 is 0.966 bits per heavy atom. The summed E-state index contributed by atoms with van der Waals surface area (Å²) in [5.74, 6) is 0. The molecule has 0 N–H and O–H groups in total. The maximum Gasteiger partial charge on any atom is 0.278 e. The first-order chi connectivity index (χ1) is 14.2. The lowest BCUT2D eigenvalue weighted by molar-refractivity contribution is -0.382. The molecule has 0 atom stereocenters. The van der Waals surface area contributed by atoms with Crippen molar-refractivity contribution in [1.29, 1.82) is 0 Å². The second-order valence-corrected chi connectivity index (χ2v) is 7.38. The van der Waals surface area contributed by atoms with Gasteiger partial charge in [0.1, 0.15) is 0 Å². The quantitative estimate of drug-likeness (QED) is 0.172. The standard InChI is InChI=1S/C26H15NO2/c28-27(29)24-15-16-7-1-2-8-17(16)22-13-14-23-20-11-4-3-9-18(20)19-10-5-6-12-21(19)25(23)26(22)24/h1-15H. The van der Waals surface area contributed by atoms with Gasteiger partial charge in [-0.2, -0.15) is 0 Å². The van der Waals surface area contributed by atoms with E-state index in [4.69, 9.17) is 0 Å². The van der Waals surface area contributed by atoms with Gasteiger partial charge in [-0.1, -0.05) is 84.9 Å². The molecule has 136 valence electrons. The first kappa shape index (κ1) is 16.0. The van der Waals surface area contributed by atoms with Crippen LogP contribution in [-0.4, -0.2) is 4.92 Å². The molecular formula is C26H15NO2. The molecule has 0 saturated carbocycles. The highest BCUT2D eigenvalue weighted by molar-refractivity contribution is 6.34. The Labute approximate surface area is 165 Å². The largest absolute Gasteiger partial charge is 0.278 e. The molecule has 0 aliphatic heterocycles. The highest BCUT2D eigenvalue weighted by Crippen LogP contribution is 2.43. The molecule has 0 fully saturated rings. The summed E-state index contributed by atoms with van der Waals surface area (Å²) >= 11 is 0. The SMILES string of the molecule is O=[N+]([O-])c1cc2ccccc2c2ccc3c4ccccc4c4ccccc4c3c12. The fourth-order valence-corrected chi connectivity index (χ4v) is 4.72. The Kier molecular flexibility index (Phi) is 3.18. The van der Waals surface area contributed by atoms with Gasteiger partial charge in [-0.15, -0.1) is 0 Å². The van der Waals surface area contributed by atoms with E-state index in [1.807, 2.05) is 54.6 Å². The monoisotopic (exact) mass is 373 g/mol. The zero-order valence-electron chi connectivity index (χ0n) is 15.4. The predicted molar refractivity (Wildman–Crippen MR) is 121 cm³/mol. The number of benzene rings is 6. The molecule has 29 heavy (non-hydrogen) atoms. The van der Waals surface area contributed by atoms with Crippen molar-refractivity contribution in [3.8, 4) is 0 Å². The van der Waals surface area contributed by atoms with Gasteiger partial charge in [-0.25, -0.2) is 0 Å². The minimum atomic E-state index is -0.252. The highest BCUT2D eigenvalue weighted by Gasteiger charge is 2.20. The molecule has 0 aromatic heterocycles. The Morgan fingerprint density at radius 1 is 0.517 bits per heavy atom. The average molecular weight is 373 g/mol. The normalized spacial score (nSPS) is 11.7. The van der Waals surface area contributed by atoms with E-state index in [1.165, 1.54) is 5.39 Å². The van der Waals surface area contributed by atoms with Crippen molar-refractivity contribution in [3.63, 3.8) is 0 Å². The lowest BCUT2D eigenvalue weighted by atomic mass is 9.89. The number of nitro benzene ring substituents is 1. The van der Waals surface area contributed by atoms with Crippen LogP contribution in [0, 0.1) is 10.1 Å². The van der Waals surface area contributed by atoms with Crippen LogP contribution in [0.1, 0.15) is 0 Å². The summed E-state index contributed by atoms with van der Waals surface area (Å²) in [6.45, 7) is 0. The van der Waals surface area contributed by atoms with Crippen molar-refractivity contribution < 1.29 is 4.92 Å². The van der Waals surface area contributed by atoms with Gasteiger partial charge in [0.15, 0.2) is 0 Å². The summed E-state index contributed by atoms with van der Waals surface area (Å²) in [7, 11) is 0. The zero-order valence-corrected chi connectivity index (χ0v) is 15.4. The van der Waals surface area contributed by atoms with Crippen molar-refractivity contribution in [1.82, 2.24) is 0 Å². The van der Waals surface area contributed by atoms with Crippen LogP contribution in [0.4, 0.5) is 5.69 Å². The maximum absolute atomic E-state index is 12.1. The Morgan fingerprint density at radius 3 is 1.59 bits per heavy atom. The van der Waals surface area contributed by atoms with E-state index in [-0.39, 0.29) is 10.6 Å². The zero-order chi connectivity index (χ0) is 19.5. The summed E-state index contributed by atoms with van der Waals surface area (Å²) in [6.07, 6.45) is 0. The molecule has 0 bridgehead atoms. The van der Waals surface area contributed by atoms with Crippen molar-refractivity contribution in [3.05, 3.63) is 101 Å². The lowest BCUT2D eigenvalue weighted by Gasteiger charge is -2.14. The van der Waals surface area contributed by atoms with Crippen LogP contribution in [0.15, 0.2) is 91.0 Å². The highest BCUT2D eigenvalue weighted by atomic mass is 16.6. The molecular weight excluding hydrogens is 358 g/mol. The number of non-ortho nitro benzene ring substituents is 1. The van der Waals surface area contributed by atoms with Gasteiger partial charge in [-0.05, 0) is 43.1 Å². The van der Waals surface area contributed by atoms with E-state index in [9.17, 15) is 10.1 Å².